The van der Waals surface area contributed by atoms with E-state index in [1.54, 1.807) is 19.1 Å². The van der Waals surface area contributed by atoms with Gasteiger partial charge in [-0.25, -0.2) is 4.39 Å². The molecule has 6 heteroatoms. The summed E-state index contributed by atoms with van der Waals surface area (Å²) in [5, 5.41) is 8.28. The average molecular weight is 302 g/mol. The third-order valence-corrected chi connectivity index (χ3v) is 3.84. The maximum absolute atomic E-state index is 13.2. The van der Waals surface area contributed by atoms with E-state index in [9.17, 15) is 9.18 Å². The molecule has 0 unspecified atom stereocenters. The van der Waals surface area contributed by atoms with Gasteiger partial charge >= 0.3 is 0 Å². The summed E-state index contributed by atoms with van der Waals surface area (Å²) in [5.74, 6) is -0.309. The third-order valence-electron chi connectivity index (χ3n) is 2.95. The molecular formula is C15H11FN2O2S. The highest BCUT2D eigenvalue weighted by molar-refractivity contribution is 7.13. The van der Waals surface area contributed by atoms with E-state index in [0.717, 1.165) is 10.4 Å². The summed E-state index contributed by atoms with van der Waals surface area (Å²) < 4.78 is 18.4. The van der Waals surface area contributed by atoms with Crippen LogP contribution in [0.1, 0.15) is 16.1 Å². The summed E-state index contributed by atoms with van der Waals surface area (Å²) in [5.41, 5.74) is 1.34. The number of anilines is 1. The fourth-order valence-corrected chi connectivity index (χ4v) is 2.51. The SMILES string of the molecule is Cc1ccc(F)cc1NC(=O)c1cc(-c2cccs2)on1. The normalized spacial score (nSPS) is 10.6. The van der Waals surface area contributed by atoms with Gasteiger partial charge in [0.25, 0.3) is 5.91 Å². The molecule has 2 heterocycles. The average Bonchev–Trinajstić information content (AvgIpc) is 3.12. The van der Waals surface area contributed by atoms with Crippen molar-refractivity contribution in [1.29, 1.82) is 0 Å². The lowest BCUT2D eigenvalue weighted by molar-refractivity contribution is 0.101. The van der Waals surface area contributed by atoms with Crippen LogP contribution < -0.4 is 5.32 Å². The highest BCUT2D eigenvalue weighted by Gasteiger charge is 2.15. The van der Waals surface area contributed by atoms with Gasteiger partial charge in [-0.2, -0.15) is 0 Å². The number of carbonyl (C=O) groups excluding carboxylic acids is 1. The Hall–Kier alpha value is -2.47. The van der Waals surface area contributed by atoms with Gasteiger partial charge in [-0.3, -0.25) is 4.79 Å². The quantitative estimate of drug-likeness (QED) is 0.792. The lowest BCUT2D eigenvalue weighted by Gasteiger charge is -2.06. The predicted molar refractivity (Wildman–Crippen MR) is 78.9 cm³/mol. The molecule has 0 radical (unpaired) electrons. The van der Waals surface area contributed by atoms with E-state index in [4.69, 9.17) is 4.52 Å². The monoisotopic (exact) mass is 302 g/mol. The van der Waals surface area contributed by atoms with Crippen molar-refractivity contribution >= 4 is 22.9 Å². The number of hydrogen-bond donors (Lipinski definition) is 1. The number of benzene rings is 1. The maximum Gasteiger partial charge on any atom is 0.277 e. The Kier molecular flexibility index (Phi) is 3.53. The van der Waals surface area contributed by atoms with E-state index >= 15 is 0 Å². The number of hydrogen-bond acceptors (Lipinski definition) is 4. The first-order valence-corrected chi connectivity index (χ1v) is 7.09. The van der Waals surface area contributed by atoms with E-state index in [-0.39, 0.29) is 5.69 Å². The Morgan fingerprint density at radius 2 is 2.19 bits per heavy atom. The van der Waals surface area contributed by atoms with Gasteiger partial charge in [-0.15, -0.1) is 11.3 Å². The highest BCUT2D eigenvalue weighted by atomic mass is 32.1. The van der Waals surface area contributed by atoms with Gasteiger partial charge < -0.3 is 9.84 Å². The largest absolute Gasteiger partial charge is 0.355 e. The van der Waals surface area contributed by atoms with Crippen LogP contribution in [0.2, 0.25) is 0 Å². The zero-order valence-electron chi connectivity index (χ0n) is 11.1. The number of aromatic nitrogens is 1. The summed E-state index contributed by atoms with van der Waals surface area (Å²) >= 11 is 1.49. The molecule has 1 aromatic carbocycles. The van der Waals surface area contributed by atoms with Crippen molar-refractivity contribution in [2.45, 2.75) is 6.92 Å². The molecule has 1 amide bonds. The molecule has 0 aliphatic carbocycles. The first-order valence-electron chi connectivity index (χ1n) is 6.21. The molecule has 106 valence electrons. The van der Waals surface area contributed by atoms with Gasteiger partial charge in [0, 0.05) is 11.8 Å². The summed E-state index contributed by atoms with van der Waals surface area (Å²) in [7, 11) is 0. The van der Waals surface area contributed by atoms with Crippen LogP contribution in [-0.2, 0) is 0 Å². The molecule has 0 bridgehead atoms. The van der Waals surface area contributed by atoms with E-state index < -0.39 is 11.7 Å². The third kappa shape index (κ3) is 2.85. The molecule has 3 rings (SSSR count). The van der Waals surface area contributed by atoms with Crippen molar-refractivity contribution in [3.05, 3.63) is 58.9 Å². The van der Waals surface area contributed by atoms with Crippen LogP contribution in [-0.4, -0.2) is 11.1 Å². The fourth-order valence-electron chi connectivity index (χ4n) is 1.83. The summed E-state index contributed by atoms with van der Waals surface area (Å²) in [6.45, 7) is 1.79. The zero-order chi connectivity index (χ0) is 14.8. The Bertz CT molecular complexity index is 781. The smallest absolute Gasteiger partial charge is 0.277 e. The minimum absolute atomic E-state index is 0.155. The molecular weight excluding hydrogens is 291 g/mol. The molecule has 0 saturated heterocycles. The molecule has 0 spiro atoms. The van der Waals surface area contributed by atoms with Crippen molar-refractivity contribution in [3.8, 4) is 10.6 Å². The molecule has 2 aromatic heterocycles. The second-order valence-electron chi connectivity index (χ2n) is 4.47. The molecule has 0 saturated carbocycles. The molecule has 4 nitrogen and oxygen atoms in total. The number of thiophene rings is 1. The standard InChI is InChI=1S/C15H11FN2O2S/c1-9-4-5-10(16)7-11(9)17-15(19)12-8-13(20-18-12)14-3-2-6-21-14/h2-8H,1H3,(H,17,19). The van der Waals surface area contributed by atoms with Gasteiger partial charge in [0.05, 0.1) is 4.88 Å². The fraction of sp³-hybridized carbons (Fsp3) is 0.0667. The Morgan fingerprint density at radius 1 is 1.33 bits per heavy atom. The molecule has 0 atom stereocenters. The summed E-state index contributed by atoms with van der Waals surface area (Å²) in [4.78, 5) is 13.0. The van der Waals surface area contributed by atoms with E-state index in [2.05, 4.69) is 10.5 Å². The number of nitrogens with zero attached hydrogens (tertiary/aromatic N) is 1. The van der Waals surface area contributed by atoms with Crippen molar-refractivity contribution < 1.29 is 13.7 Å². The number of aryl methyl sites for hydroxylation is 1. The van der Waals surface area contributed by atoms with Crippen molar-refractivity contribution in [2.24, 2.45) is 0 Å². The van der Waals surface area contributed by atoms with Gasteiger partial charge in [0.15, 0.2) is 11.5 Å². The maximum atomic E-state index is 13.2. The number of rotatable bonds is 3. The van der Waals surface area contributed by atoms with Crippen LogP contribution in [0.15, 0.2) is 46.3 Å². The molecule has 0 aliphatic rings. The Labute approximate surface area is 124 Å². The van der Waals surface area contributed by atoms with Crippen LogP contribution in [0.4, 0.5) is 10.1 Å². The molecule has 1 N–H and O–H groups in total. The van der Waals surface area contributed by atoms with Gasteiger partial charge in [0.2, 0.25) is 0 Å². The first-order chi connectivity index (χ1) is 10.1. The summed E-state index contributed by atoms with van der Waals surface area (Å²) in [6.07, 6.45) is 0. The van der Waals surface area contributed by atoms with Gasteiger partial charge in [-0.1, -0.05) is 17.3 Å². The summed E-state index contributed by atoms with van der Waals surface area (Å²) in [6, 6.07) is 9.55. The van der Waals surface area contributed by atoms with Crippen LogP contribution >= 0.6 is 11.3 Å². The predicted octanol–water partition coefficient (Wildman–Crippen LogP) is 4.10. The topological polar surface area (TPSA) is 55.1 Å². The molecule has 21 heavy (non-hydrogen) atoms. The Morgan fingerprint density at radius 3 is 2.95 bits per heavy atom. The second kappa shape index (κ2) is 5.49. The van der Waals surface area contributed by atoms with Crippen molar-refractivity contribution in [2.75, 3.05) is 5.32 Å². The molecule has 0 aliphatic heterocycles. The first kappa shape index (κ1) is 13.5. The lowest BCUT2D eigenvalue weighted by Crippen LogP contribution is -2.13. The minimum Gasteiger partial charge on any atom is -0.355 e. The Balaban J connectivity index is 1.81. The van der Waals surface area contributed by atoms with Crippen molar-refractivity contribution in [3.63, 3.8) is 0 Å². The molecule has 3 aromatic rings. The number of amides is 1. The van der Waals surface area contributed by atoms with Gasteiger partial charge in [-0.05, 0) is 36.1 Å². The lowest BCUT2D eigenvalue weighted by atomic mass is 10.2. The van der Waals surface area contributed by atoms with E-state index in [0.29, 0.717) is 11.4 Å². The zero-order valence-corrected chi connectivity index (χ0v) is 11.9. The van der Waals surface area contributed by atoms with Crippen LogP contribution in [0.25, 0.3) is 10.6 Å². The highest BCUT2D eigenvalue weighted by Crippen LogP contribution is 2.25. The minimum atomic E-state index is -0.435. The van der Waals surface area contributed by atoms with Crippen LogP contribution in [0, 0.1) is 12.7 Å². The van der Waals surface area contributed by atoms with E-state index in [1.807, 2.05) is 17.5 Å². The van der Waals surface area contributed by atoms with E-state index in [1.165, 1.54) is 23.5 Å². The number of carbonyl (C=O) groups is 1. The van der Waals surface area contributed by atoms with Gasteiger partial charge in [0.1, 0.15) is 5.82 Å². The van der Waals surface area contributed by atoms with Crippen LogP contribution in [0.5, 0.6) is 0 Å². The van der Waals surface area contributed by atoms with Crippen LogP contribution in [0.3, 0.4) is 0 Å². The number of nitrogens with one attached hydrogen (secondary N) is 1. The molecule has 0 fully saturated rings. The second-order valence-corrected chi connectivity index (χ2v) is 5.41. The number of halogens is 1. The van der Waals surface area contributed by atoms with Crippen molar-refractivity contribution in [1.82, 2.24) is 5.16 Å².